The first kappa shape index (κ1) is 18.0. The number of likely N-dealkylation sites (tertiary alicyclic amines) is 2. The molecule has 4 heterocycles. The molecular formula is C18H34N4O2. The Balaban J connectivity index is 0.000000149. The van der Waals surface area contributed by atoms with Gasteiger partial charge in [-0.2, -0.15) is 0 Å². The fraction of sp³-hybridized carbons (Fsp3) is 0.944. The molecule has 4 atom stereocenters. The van der Waals surface area contributed by atoms with Crippen molar-refractivity contribution >= 4 is 6.09 Å². The van der Waals surface area contributed by atoms with Gasteiger partial charge in [-0.3, -0.25) is 4.90 Å². The molecular weight excluding hydrogens is 304 g/mol. The second-order valence-electron chi connectivity index (χ2n) is 8.91. The molecule has 1 amide bonds. The molecule has 0 spiro atoms. The third kappa shape index (κ3) is 4.03. The van der Waals surface area contributed by atoms with Gasteiger partial charge in [-0.05, 0) is 47.5 Å². The van der Waals surface area contributed by atoms with Gasteiger partial charge in [-0.25, -0.2) is 4.79 Å². The molecule has 4 bridgehead atoms. The van der Waals surface area contributed by atoms with E-state index < -0.39 is 0 Å². The van der Waals surface area contributed by atoms with Crippen molar-refractivity contribution < 1.29 is 9.53 Å². The van der Waals surface area contributed by atoms with Crippen LogP contribution in [0.25, 0.3) is 0 Å². The molecule has 4 saturated heterocycles. The summed E-state index contributed by atoms with van der Waals surface area (Å²) in [5.74, 6) is 0. The molecule has 0 aromatic heterocycles. The summed E-state index contributed by atoms with van der Waals surface area (Å²) in [6, 6.07) is 3.26. The highest BCUT2D eigenvalue weighted by atomic mass is 16.6. The standard InChI is InChI=1S/C10H18N2O2.C8H16N2/c1-10(2,3)14-9(13)12-6-7-4-8(12)5-11-7;1-6(2)10-5-7-3-8(10)4-9-7/h7-8,11H,4-6H2,1-3H3;6-9H,3-5H2,1-2H3. The zero-order valence-corrected chi connectivity index (χ0v) is 15.8. The Morgan fingerprint density at radius 3 is 1.96 bits per heavy atom. The van der Waals surface area contributed by atoms with Gasteiger partial charge in [0, 0.05) is 56.4 Å². The fourth-order valence-electron chi connectivity index (χ4n) is 4.33. The molecule has 6 heteroatoms. The lowest BCUT2D eigenvalue weighted by molar-refractivity contribution is 0.0204. The molecule has 138 valence electrons. The minimum absolute atomic E-state index is 0.161. The molecule has 24 heavy (non-hydrogen) atoms. The molecule has 4 rings (SSSR count). The minimum Gasteiger partial charge on any atom is -0.444 e. The number of hydrogen-bond donors (Lipinski definition) is 2. The van der Waals surface area contributed by atoms with Crippen LogP contribution in [0.5, 0.6) is 0 Å². The summed E-state index contributed by atoms with van der Waals surface area (Å²) in [6.07, 6.45) is 2.31. The van der Waals surface area contributed by atoms with Gasteiger partial charge in [-0.15, -0.1) is 0 Å². The van der Waals surface area contributed by atoms with E-state index >= 15 is 0 Å². The molecule has 0 aromatic rings. The molecule has 0 aromatic carbocycles. The molecule has 0 radical (unpaired) electrons. The summed E-state index contributed by atoms with van der Waals surface area (Å²) in [7, 11) is 0. The molecule has 4 unspecified atom stereocenters. The number of carbonyl (C=O) groups excluding carboxylic acids is 1. The van der Waals surface area contributed by atoms with Crippen LogP contribution in [0, 0.1) is 0 Å². The van der Waals surface area contributed by atoms with Gasteiger partial charge in [0.2, 0.25) is 0 Å². The third-order valence-electron chi connectivity index (χ3n) is 5.45. The van der Waals surface area contributed by atoms with E-state index in [0.29, 0.717) is 12.1 Å². The number of carbonyl (C=O) groups is 1. The van der Waals surface area contributed by atoms with Crippen molar-refractivity contribution in [3.63, 3.8) is 0 Å². The lowest BCUT2D eigenvalue weighted by Gasteiger charge is -2.30. The Kier molecular flexibility index (Phi) is 5.09. The quantitative estimate of drug-likeness (QED) is 0.757. The van der Waals surface area contributed by atoms with Crippen molar-refractivity contribution in [1.29, 1.82) is 0 Å². The number of amides is 1. The smallest absolute Gasteiger partial charge is 0.410 e. The number of hydrogen-bond acceptors (Lipinski definition) is 5. The van der Waals surface area contributed by atoms with E-state index in [1.807, 2.05) is 25.7 Å². The summed E-state index contributed by atoms with van der Waals surface area (Å²) >= 11 is 0. The van der Waals surface area contributed by atoms with Crippen LogP contribution in [-0.2, 0) is 4.74 Å². The topological polar surface area (TPSA) is 56.8 Å². The molecule has 0 saturated carbocycles. The van der Waals surface area contributed by atoms with Gasteiger partial charge in [0.25, 0.3) is 0 Å². The van der Waals surface area contributed by atoms with Crippen LogP contribution in [0.1, 0.15) is 47.5 Å². The van der Waals surface area contributed by atoms with E-state index in [1.165, 1.54) is 19.5 Å². The number of piperazine rings is 2. The maximum atomic E-state index is 11.7. The van der Waals surface area contributed by atoms with Crippen molar-refractivity contribution in [2.45, 2.75) is 83.3 Å². The van der Waals surface area contributed by atoms with E-state index in [2.05, 4.69) is 29.4 Å². The summed E-state index contributed by atoms with van der Waals surface area (Å²) in [5.41, 5.74) is -0.383. The zero-order valence-electron chi connectivity index (χ0n) is 15.8. The van der Waals surface area contributed by atoms with Crippen LogP contribution in [0.15, 0.2) is 0 Å². The summed E-state index contributed by atoms with van der Waals surface area (Å²) in [6.45, 7) is 14.5. The normalized spacial score (nSPS) is 34.7. The van der Waals surface area contributed by atoms with E-state index in [9.17, 15) is 4.79 Å². The molecule has 4 aliphatic heterocycles. The maximum absolute atomic E-state index is 11.7. The fourth-order valence-corrected chi connectivity index (χ4v) is 4.33. The first-order chi connectivity index (χ1) is 11.2. The van der Waals surface area contributed by atoms with Crippen molar-refractivity contribution in [3.05, 3.63) is 0 Å². The van der Waals surface area contributed by atoms with Crippen molar-refractivity contribution in [2.24, 2.45) is 0 Å². The molecule has 4 aliphatic rings. The van der Waals surface area contributed by atoms with Crippen molar-refractivity contribution in [1.82, 2.24) is 20.4 Å². The van der Waals surface area contributed by atoms with Crippen LogP contribution in [0.4, 0.5) is 4.79 Å². The Bertz CT molecular complexity index is 462. The van der Waals surface area contributed by atoms with Crippen LogP contribution in [0.2, 0.25) is 0 Å². The lowest BCUT2D eigenvalue weighted by atomic mass is 10.2. The molecule has 4 fully saturated rings. The Labute approximate surface area is 146 Å². The Morgan fingerprint density at radius 1 is 1.04 bits per heavy atom. The van der Waals surface area contributed by atoms with Gasteiger partial charge in [0.1, 0.15) is 5.60 Å². The van der Waals surface area contributed by atoms with Crippen LogP contribution >= 0.6 is 0 Å². The van der Waals surface area contributed by atoms with Crippen molar-refractivity contribution in [3.8, 4) is 0 Å². The molecule has 0 aliphatic carbocycles. The van der Waals surface area contributed by atoms with E-state index in [4.69, 9.17) is 4.74 Å². The maximum Gasteiger partial charge on any atom is 0.410 e. The number of nitrogens with one attached hydrogen (secondary N) is 2. The monoisotopic (exact) mass is 338 g/mol. The number of rotatable bonds is 1. The highest BCUT2D eigenvalue weighted by Gasteiger charge is 2.41. The van der Waals surface area contributed by atoms with E-state index in [-0.39, 0.29) is 11.7 Å². The lowest BCUT2D eigenvalue weighted by Crippen LogP contribution is -2.48. The summed E-state index contributed by atoms with van der Waals surface area (Å²) in [5, 5.41) is 6.85. The van der Waals surface area contributed by atoms with E-state index in [0.717, 1.165) is 37.6 Å². The first-order valence-electron chi connectivity index (χ1n) is 9.45. The minimum atomic E-state index is -0.383. The SMILES string of the molecule is CC(C)(C)OC(=O)N1CC2CC1CN2.CC(C)N1CC2CC1CN2. The third-order valence-corrected chi connectivity index (χ3v) is 5.45. The highest BCUT2D eigenvalue weighted by Crippen LogP contribution is 2.25. The molecule has 2 N–H and O–H groups in total. The summed E-state index contributed by atoms with van der Waals surface area (Å²) in [4.78, 5) is 16.2. The Morgan fingerprint density at radius 2 is 1.62 bits per heavy atom. The Hall–Kier alpha value is -0.850. The molecule has 6 nitrogen and oxygen atoms in total. The second kappa shape index (κ2) is 6.81. The zero-order chi connectivity index (χ0) is 17.5. The predicted molar refractivity (Wildman–Crippen MR) is 95.2 cm³/mol. The predicted octanol–water partition coefficient (Wildman–Crippen LogP) is 1.41. The van der Waals surface area contributed by atoms with Gasteiger partial charge in [0.05, 0.1) is 0 Å². The number of fused-ring (bicyclic) bond motifs is 4. The van der Waals surface area contributed by atoms with Crippen LogP contribution in [-0.4, -0.2) is 77.9 Å². The van der Waals surface area contributed by atoms with Gasteiger partial charge < -0.3 is 20.3 Å². The van der Waals surface area contributed by atoms with E-state index in [1.54, 1.807) is 0 Å². The van der Waals surface area contributed by atoms with Gasteiger partial charge >= 0.3 is 6.09 Å². The number of ether oxygens (including phenoxy) is 1. The van der Waals surface area contributed by atoms with Gasteiger partial charge in [0.15, 0.2) is 0 Å². The largest absolute Gasteiger partial charge is 0.444 e. The van der Waals surface area contributed by atoms with Gasteiger partial charge in [-0.1, -0.05) is 0 Å². The average molecular weight is 338 g/mol. The van der Waals surface area contributed by atoms with Crippen molar-refractivity contribution in [2.75, 3.05) is 26.2 Å². The summed E-state index contributed by atoms with van der Waals surface area (Å²) < 4.78 is 5.33. The first-order valence-corrected chi connectivity index (χ1v) is 9.45. The number of nitrogens with zero attached hydrogens (tertiary/aromatic N) is 2. The van der Waals surface area contributed by atoms with Crippen LogP contribution < -0.4 is 10.6 Å². The highest BCUT2D eigenvalue weighted by molar-refractivity contribution is 5.69. The second-order valence-corrected chi connectivity index (χ2v) is 8.91. The average Bonchev–Trinajstić information content (AvgIpc) is 3.25. The van der Waals surface area contributed by atoms with Crippen LogP contribution in [0.3, 0.4) is 0 Å².